The minimum absolute atomic E-state index is 0.744. The predicted octanol–water partition coefficient (Wildman–Crippen LogP) is 3.53. The second-order valence-electron chi connectivity index (χ2n) is 4.99. The van der Waals surface area contributed by atoms with Crippen LogP contribution in [0.2, 0.25) is 0 Å². The fraction of sp³-hybridized carbons (Fsp3) is 0.400. The molecule has 2 aromatic rings. The van der Waals surface area contributed by atoms with Gasteiger partial charge in [0.15, 0.2) is 0 Å². The number of nitrogens with zero attached hydrogens (tertiary/aromatic N) is 1. The first-order valence-electron chi connectivity index (χ1n) is 6.65. The summed E-state index contributed by atoms with van der Waals surface area (Å²) in [6.45, 7) is 3.06. The van der Waals surface area contributed by atoms with Crippen LogP contribution in [0.5, 0.6) is 0 Å². The van der Waals surface area contributed by atoms with Crippen molar-refractivity contribution in [2.75, 3.05) is 0 Å². The number of rotatable bonds is 6. The monoisotopic (exact) mass is 274 g/mol. The third kappa shape index (κ3) is 3.61. The highest BCUT2D eigenvalue weighted by Crippen LogP contribution is 2.25. The molecule has 0 amide bonds. The largest absolute Gasteiger partial charge is 0.468 e. The molecule has 100 valence electrons. The summed E-state index contributed by atoms with van der Waals surface area (Å²) >= 11 is 1.72. The number of nitrogens with one attached hydrogen (secondary N) is 1. The molecule has 3 nitrogen and oxygen atoms in total. The first kappa shape index (κ1) is 12.8. The van der Waals surface area contributed by atoms with Crippen LogP contribution >= 0.6 is 11.8 Å². The van der Waals surface area contributed by atoms with Gasteiger partial charge < -0.3 is 9.73 Å². The lowest BCUT2D eigenvalue weighted by Gasteiger charge is -2.07. The topological polar surface area (TPSA) is 38.1 Å². The molecular weight excluding hydrogens is 256 g/mol. The van der Waals surface area contributed by atoms with Gasteiger partial charge in [0.1, 0.15) is 5.76 Å². The third-order valence-corrected chi connectivity index (χ3v) is 4.32. The Morgan fingerprint density at radius 1 is 1.47 bits per heavy atom. The number of thioether (sulfide) groups is 1. The van der Waals surface area contributed by atoms with Gasteiger partial charge in [-0.25, -0.2) is 4.98 Å². The van der Waals surface area contributed by atoms with E-state index in [2.05, 4.69) is 23.3 Å². The van der Waals surface area contributed by atoms with Crippen LogP contribution in [-0.4, -0.2) is 11.0 Å². The lowest BCUT2D eigenvalue weighted by Crippen LogP contribution is -2.15. The first-order valence-corrected chi connectivity index (χ1v) is 7.64. The molecule has 2 aromatic heterocycles. The van der Waals surface area contributed by atoms with E-state index in [-0.39, 0.29) is 0 Å². The summed E-state index contributed by atoms with van der Waals surface area (Å²) in [7, 11) is 0. The number of aryl methyl sites for hydroxylation is 1. The Labute approximate surface area is 117 Å². The zero-order valence-electron chi connectivity index (χ0n) is 11.1. The number of pyridine rings is 1. The molecule has 3 rings (SSSR count). The van der Waals surface area contributed by atoms with E-state index < -0.39 is 0 Å². The maximum Gasteiger partial charge on any atom is 0.114 e. The van der Waals surface area contributed by atoms with Gasteiger partial charge in [-0.1, -0.05) is 17.8 Å². The molecule has 0 aromatic carbocycles. The second kappa shape index (κ2) is 5.80. The summed E-state index contributed by atoms with van der Waals surface area (Å²) in [5.41, 5.74) is 2.51. The second-order valence-corrected chi connectivity index (χ2v) is 5.95. The summed E-state index contributed by atoms with van der Waals surface area (Å²) in [5, 5.41) is 4.60. The Balaban J connectivity index is 1.58. The molecule has 0 saturated heterocycles. The minimum atomic E-state index is 0.744. The maximum atomic E-state index is 5.33. The molecule has 0 unspecified atom stereocenters. The molecule has 19 heavy (non-hydrogen) atoms. The molecule has 1 saturated carbocycles. The van der Waals surface area contributed by atoms with E-state index in [1.54, 1.807) is 18.0 Å². The highest BCUT2D eigenvalue weighted by Gasteiger charge is 2.20. The third-order valence-electron chi connectivity index (χ3n) is 3.19. The smallest absolute Gasteiger partial charge is 0.114 e. The Bertz CT molecular complexity index is 535. The summed E-state index contributed by atoms with van der Waals surface area (Å²) < 4.78 is 5.33. The number of hydrogen-bond acceptors (Lipinski definition) is 4. The molecule has 1 aliphatic carbocycles. The predicted molar refractivity (Wildman–Crippen MR) is 77.1 cm³/mol. The minimum Gasteiger partial charge on any atom is -0.468 e. The fourth-order valence-electron chi connectivity index (χ4n) is 1.95. The van der Waals surface area contributed by atoms with Crippen molar-refractivity contribution in [3.8, 4) is 0 Å². The summed E-state index contributed by atoms with van der Waals surface area (Å²) in [4.78, 5) is 4.56. The average Bonchev–Trinajstić information content (AvgIpc) is 3.10. The standard InChI is InChI=1S/C15H18N2OS/c1-11-7-12(8-16-13-4-5-13)9-17-15(11)19-10-14-3-2-6-18-14/h2-3,6-7,9,13,16H,4-5,8,10H2,1H3. The Morgan fingerprint density at radius 3 is 3.05 bits per heavy atom. The van der Waals surface area contributed by atoms with Gasteiger partial charge in [0, 0.05) is 18.8 Å². The molecule has 0 spiro atoms. The van der Waals surface area contributed by atoms with Crippen molar-refractivity contribution >= 4 is 11.8 Å². The van der Waals surface area contributed by atoms with E-state index in [0.717, 1.165) is 29.1 Å². The van der Waals surface area contributed by atoms with Gasteiger partial charge in [0.2, 0.25) is 0 Å². The van der Waals surface area contributed by atoms with Crippen LogP contribution in [0.1, 0.15) is 29.7 Å². The molecule has 0 radical (unpaired) electrons. The molecule has 1 fully saturated rings. The van der Waals surface area contributed by atoms with Gasteiger partial charge in [-0.2, -0.15) is 0 Å². The molecule has 4 heteroatoms. The quantitative estimate of drug-likeness (QED) is 0.818. The molecule has 2 heterocycles. The van der Waals surface area contributed by atoms with Crippen LogP contribution in [0.15, 0.2) is 40.1 Å². The molecule has 0 aliphatic heterocycles. The van der Waals surface area contributed by atoms with Crippen LogP contribution in [0.4, 0.5) is 0 Å². The van der Waals surface area contributed by atoms with Crippen LogP contribution in [-0.2, 0) is 12.3 Å². The van der Waals surface area contributed by atoms with E-state index in [9.17, 15) is 0 Å². The van der Waals surface area contributed by atoms with Crippen LogP contribution in [0.25, 0.3) is 0 Å². The Morgan fingerprint density at radius 2 is 2.37 bits per heavy atom. The zero-order valence-corrected chi connectivity index (χ0v) is 11.9. The van der Waals surface area contributed by atoms with Gasteiger partial charge in [-0.05, 0) is 43.0 Å². The normalized spacial score (nSPS) is 14.8. The van der Waals surface area contributed by atoms with Crippen molar-refractivity contribution in [2.45, 2.75) is 43.1 Å². The molecule has 0 atom stereocenters. The molecule has 1 N–H and O–H groups in total. The van der Waals surface area contributed by atoms with Crippen molar-refractivity contribution in [1.29, 1.82) is 0 Å². The van der Waals surface area contributed by atoms with E-state index in [1.165, 1.54) is 24.0 Å². The van der Waals surface area contributed by atoms with Gasteiger partial charge in [0.25, 0.3) is 0 Å². The van der Waals surface area contributed by atoms with Crippen LogP contribution < -0.4 is 5.32 Å². The van der Waals surface area contributed by atoms with Crippen LogP contribution in [0, 0.1) is 6.92 Å². The molecular formula is C15H18N2OS. The number of furan rings is 1. The van der Waals surface area contributed by atoms with Crippen molar-refractivity contribution in [1.82, 2.24) is 10.3 Å². The Hall–Kier alpha value is -1.26. The summed E-state index contributed by atoms with van der Waals surface area (Å²) in [6.07, 6.45) is 6.34. The molecule has 1 aliphatic rings. The van der Waals surface area contributed by atoms with Crippen molar-refractivity contribution in [3.05, 3.63) is 47.5 Å². The van der Waals surface area contributed by atoms with E-state index in [0.29, 0.717) is 0 Å². The SMILES string of the molecule is Cc1cc(CNC2CC2)cnc1SCc1ccco1. The van der Waals surface area contributed by atoms with Crippen LogP contribution in [0.3, 0.4) is 0 Å². The summed E-state index contributed by atoms with van der Waals surface area (Å²) in [6, 6.07) is 6.89. The van der Waals surface area contributed by atoms with Crippen molar-refractivity contribution < 1.29 is 4.42 Å². The summed E-state index contributed by atoms with van der Waals surface area (Å²) in [5.74, 6) is 1.83. The lowest BCUT2D eigenvalue weighted by atomic mass is 10.2. The number of hydrogen-bond donors (Lipinski definition) is 1. The zero-order chi connectivity index (χ0) is 13.1. The molecule has 0 bridgehead atoms. The van der Waals surface area contributed by atoms with E-state index >= 15 is 0 Å². The van der Waals surface area contributed by atoms with Gasteiger partial charge in [-0.15, -0.1) is 0 Å². The lowest BCUT2D eigenvalue weighted by molar-refractivity contribution is 0.530. The van der Waals surface area contributed by atoms with Gasteiger partial charge in [0.05, 0.1) is 17.0 Å². The van der Waals surface area contributed by atoms with Crippen molar-refractivity contribution in [2.24, 2.45) is 0 Å². The van der Waals surface area contributed by atoms with E-state index in [4.69, 9.17) is 4.42 Å². The van der Waals surface area contributed by atoms with Gasteiger partial charge in [-0.3, -0.25) is 0 Å². The first-order chi connectivity index (χ1) is 9.31. The van der Waals surface area contributed by atoms with E-state index in [1.807, 2.05) is 18.3 Å². The van der Waals surface area contributed by atoms with Gasteiger partial charge >= 0.3 is 0 Å². The average molecular weight is 274 g/mol. The highest BCUT2D eigenvalue weighted by molar-refractivity contribution is 7.98. The highest BCUT2D eigenvalue weighted by atomic mass is 32.2. The number of aromatic nitrogens is 1. The van der Waals surface area contributed by atoms with Crippen molar-refractivity contribution in [3.63, 3.8) is 0 Å². The fourth-order valence-corrected chi connectivity index (χ4v) is 2.81. The Kier molecular flexibility index (Phi) is 3.89. The maximum absolute atomic E-state index is 5.33.